The third-order valence-corrected chi connectivity index (χ3v) is 5.13. The molecule has 1 atom stereocenters. The second-order valence-corrected chi connectivity index (χ2v) is 8.29. The molecular formula is C23H26F2N4O4. The number of amides is 2. The lowest BCUT2D eigenvalue weighted by Gasteiger charge is -2.22. The van der Waals surface area contributed by atoms with E-state index < -0.39 is 40.8 Å². The molecule has 0 saturated carbocycles. The highest BCUT2D eigenvalue weighted by molar-refractivity contribution is 6.02. The van der Waals surface area contributed by atoms with Crippen LogP contribution in [0.15, 0.2) is 45.6 Å². The van der Waals surface area contributed by atoms with Gasteiger partial charge in [-0.3, -0.25) is 14.2 Å². The van der Waals surface area contributed by atoms with E-state index >= 15 is 0 Å². The van der Waals surface area contributed by atoms with Crippen molar-refractivity contribution in [2.75, 3.05) is 26.0 Å². The van der Waals surface area contributed by atoms with Crippen LogP contribution in [0.3, 0.4) is 0 Å². The molecule has 2 N–H and O–H groups in total. The molecule has 33 heavy (non-hydrogen) atoms. The van der Waals surface area contributed by atoms with Gasteiger partial charge in [-0.2, -0.15) is 0 Å². The van der Waals surface area contributed by atoms with E-state index in [1.165, 1.54) is 4.57 Å². The van der Waals surface area contributed by atoms with E-state index in [-0.39, 0.29) is 5.92 Å². The van der Waals surface area contributed by atoms with Gasteiger partial charge in [0, 0.05) is 18.8 Å². The molecule has 0 fully saturated rings. The number of fused-ring (bicyclic) bond motifs is 1. The predicted octanol–water partition coefficient (Wildman–Crippen LogP) is 2.83. The number of hydrogen-bond acceptors (Lipinski definition) is 5. The molecule has 3 aromatic rings. The molecule has 0 bridgehead atoms. The highest BCUT2D eigenvalue weighted by Crippen LogP contribution is 2.20. The summed E-state index contributed by atoms with van der Waals surface area (Å²) in [7, 11) is 3.76. The summed E-state index contributed by atoms with van der Waals surface area (Å²) < 4.78 is 34.6. The molecule has 0 aliphatic rings. The lowest BCUT2D eigenvalue weighted by atomic mass is 10.0. The maximum atomic E-state index is 14.0. The summed E-state index contributed by atoms with van der Waals surface area (Å²) in [6.45, 7) is 4.40. The Morgan fingerprint density at radius 3 is 2.39 bits per heavy atom. The van der Waals surface area contributed by atoms with E-state index in [1.54, 1.807) is 32.0 Å². The van der Waals surface area contributed by atoms with Crippen LogP contribution in [0.25, 0.3) is 11.1 Å². The van der Waals surface area contributed by atoms with Crippen LogP contribution in [0.2, 0.25) is 0 Å². The van der Waals surface area contributed by atoms with Gasteiger partial charge in [-0.25, -0.2) is 13.6 Å². The van der Waals surface area contributed by atoms with Crippen molar-refractivity contribution >= 4 is 28.6 Å². The van der Waals surface area contributed by atoms with E-state index in [4.69, 9.17) is 4.42 Å². The van der Waals surface area contributed by atoms with Crippen LogP contribution in [0.1, 0.15) is 24.2 Å². The number of aromatic nitrogens is 1. The number of benzene rings is 2. The van der Waals surface area contributed by atoms with Gasteiger partial charge in [-0.05, 0) is 50.3 Å². The molecule has 2 amide bonds. The average molecular weight is 460 g/mol. The van der Waals surface area contributed by atoms with E-state index in [1.807, 2.05) is 19.0 Å². The number of halogens is 2. The largest absolute Gasteiger partial charge is 0.419 e. The first-order valence-corrected chi connectivity index (χ1v) is 10.4. The second kappa shape index (κ2) is 9.95. The smallest absolute Gasteiger partial charge is 0.408 e. The Morgan fingerprint density at radius 2 is 1.79 bits per heavy atom. The summed E-state index contributed by atoms with van der Waals surface area (Å²) >= 11 is 0. The molecule has 3 rings (SSSR count). The quantitative estimate of drug-likeness (QED) is 0.539. The lowest BCUT2D eigenvalue weighted by molar-refractivity contribution is -0.118. The Kier molecular flexibility index (Phi) is 7.27. The van der Waals surface area contributed by atoms with Gasteiger partial charge >= 0.3 is 5.76 Å². The molecule has 0 spiro atoms. The number of nitrogens with one attached hydrogen (secondary N) is 2. The van der Waals surface area contributed by atoms with Crippen LogP contribution < -0.4 is 16.4 Å². The van der Waals surface area contributed by atoms with Gasteiger partial charge in [0.2, 0.25) is 5.91 Å². The molecule has 8 nitrogen and oxygen atoms in total. The lowest BCUT2D eigenvalue weighted by Crippen LogP contribution is -2.47. The summed E-state index contributed by atoms with van der Waals surface area (Å²) in [4.78, 5) is 39.5. The maximum absolute atomic E-state index is 14.0. The Bertz CT molecular complexity index is 1210. The SMILES string of the molecule is CC(C)C(NC(=O)c1c(F)cccc1F)C(=O)Nc1ccc2oc(=O)n(CCN(C)C)c2c1. The predicted molar refractivity (Wildman–Crippen MR) is 120 cm³/mol. The molecule has 1 unspecified atom stereocenters. The molecule has 0 aliphatic heterocycles. The van der Waals surface area contributed by atoms with E-state index in [2.05, 4.69) is 10.6 Å². The molecule has 0 aliphatic carbocycles. The van der Waals surface area contributed by atoms with Crippen molar-refractivity contribution in [2.45, 2.75) is 26.4 Å². The Balaban J connectivity index is 1.82. The normalized spacial score (nSPS) is 12.4. The minimum atomic E-state index is -1.06. The van der Waals surface area contributed by atoms with Crippen LogP contribution in [-0.2, 0) is 11.3 Å². The number of carbonyl (C=O) groups excluding carboxylic acids is 2. The van der Waals surface area contributed by atoms with Crippen molar-refractivity contribution in [2.24, 2.45) is 5.92 Å². The standard InChI is InChI=1S/C23H26F2N4O4/c1-13(2)20(27-21(30)19-15(24)6-5-7-16(19)25)22(31)26-14-8-9-18-17(12-14)29(23(32)33-18)11-10-28(3)4/h5-9,12-13,20H,10-11H2,1-4H3,(H,26,31)(H,27,30). The van der Waals surface area contributed by atoms with E-state index in [0.717, 1.165) is 18.2 Å². The molecule has 10 heteroatoms. The molecule has 1 heterocycles. The van der Waals surface area contributed by atoms with Gasteiger partial charge in [-0.1, -0.05) is 19.9 Å². The number of rotatable bonds is 8. The van der Waals surface area contributed by atoms with Crippen LogP contribution in [0.5, 0.6) is 0 Å². The topological polar surface area (TPSA) is 96.6 Å². The average Bonchev–Trinajstić information content (AvgIpc) is 3.04. The monoisotopic (exact) mass is 460 g/mol. The molecule has 0 saturated heterocycles. The molecule has 0 radical (unpaired) electrons. The highest BCUT2D eigenvalue weighted by atomic mass is 19.1. The minimum Gasteiger partial charge on any atom is -0.408 e. The van der Waals surface area contributed by atoms with Gasteiger partial charge in [-0.15, -0.1) is 0 Å². The summed E-state index contributed by atoms with van der Waals surface area (Å²) in [5.74, 6) is -4.51. The van der Waals surface area contributed by atoms with Crippen molar-refractivity contribution in [1.29, 1.82) is 0 Å². The summed E-state index contributed by atoms with van der Waals surface area (Å²) in [6.07, 6.45) is 0. The summed E-state index contributed by atoms with van der Waals surface area (Å²) in [5, 5.41) is 5.10. The fourth-order valence-corrected chi connectivity index (χ4v) is 3.33. The molecular weight excluding hydrogens is 434 g/mol. The number of likely N-dealkylation sites (N-methyl/N-ethyl adjacent to an activating group) is 1. The number of carbonyl (C=O) groups is 2. The third-order valence-electron chi connectivity index (χ3n) is 5.13. The first-order valence-electron chi connectivity index (χ1n) is 10.4. The number of oxazole rings is 1. The minimum absolute atomic E-state index is 0.375. The van der Waals surface area contributed by atoms with Crippen molar-refractivity contribution in [3.05, 3.63) is 64.1 Å². The Hall–Kier alpha value is -3.53. The molecule has 2 aromatic carbocycles. The Labute approximate surface area is 189 Å². The first-order chi connectivity index (χ1) is 15.6. The van der Waals surface area contributed by atoms with E-state index in [9.17, 15) is 23.2 Å². The van der Waals surface area contributed by atoms with Crippen molar-refractivity contribution in [1.82, 2.24) is 14.8 Å². The van der Waals surface area contributed by atoms with Crippen LogP contribution in [-0.4, -0.2) is 48.0 Å². The first kappa shape index (κ1) is 24.1. The van der Waals surface area contributed by atoms with Gasteiger partial charge in [0.05, 0.1) is 5.52 Å². The maximum Gasteiger partial charge on any atom is 0.419 e. The number of hydrogen-bond donors (Lipinski definition) is 2. The van der Waals surface area contributed by atoms with E-state index in [0.29, 0.717) is 29.9 Å². The summed E-state index contributed by atoms with van der Waals surface area (Å²) in [6, 6.07) is 6.76. The van der Waals surface area contributed by atoms with Gasteiger partial charge in [0.1, 0.15) is 23.2 Å². The Morgan fingerprint density at radius 1 is 1.12 bits per heavy atom. The third kappa shape index (κ3) is 5.46. The zero-order chi connectivity index (χ0) is 24.3. The van der Waals surface area contributed by atoms with Crippen molar-refractivity contribution in [3.8, 4) is 0 Å². The zero-order valence-electron chi connectivity index (χ0n) is 18.8. The second-order valence-electron chi connectivity index (χ2n) is 8.29. The molecule has 176 valence electrons. The molecule has 1 aromatic heterocycles. The fraction of sp³-hybridized carbons (Fsp3) is 0.348. The van der Waals surface area contributed by atoms with Gasteiger partial charge in [0.15, 0.2) is 5.58 Å². The zero-order valence-corrected chi connectivity index (χ0v) is 18.8. The van der Waals surface area contributed by atoms with Crippen LogP contribution in [0.4, 0.5) is 14.5 Å². The van der Waals surface area contributed by atoms with Crippen molar-refractivity contribution in [3.63, 3.8) is 0 Å². The fourth-order valence-electron chi connectivity index (χ4n) is 3.33. The van der Waals surface area contributed by atoms with Gasteiger partial charge in [0.25, 0.3) is 5.91 Å². The van der Waals surface area contributed by atoms with Crippen molar-refractivity contribution < 1.29 is 22.8 Å². The van der Waals surface area contributed by atoms with Crippen LogP contribution in [0, 0.1) is 17.6 Å². The van der Waals surface area contributed by atoms with Crippen LogP contribution >= 0.6 is 0 Å². The highest BCUT2D eigenvalue weighted by Gasteiger charge is 2.27. The number of anilines is 1. The summed E-state index contributed by atoms with van der Waals surface area (Å²) in [5.41, 5.74) is 0.517. The van der Waals surface area contributed by atoms with Gasteiger partial charge < -0.3 is 20.0 Å². The number of nitrogens with zero attached hydrogens (tertiary/aromatic N) is 2.